The van der Waals surface area contributed by atoms with E-state index < -0.39 is 34.0 Å². The number of carboxylic acid groups (broad SMARTS) is 1. The summed E-state index contributed by atoms with van der Waals surface area (Å²) < 4.78 is 15.5. The monoisotopic (exact) mass is 430 g/mol. The predicted octanol–water partition coefficient (Wildman–Crippen LogP) is 0.166. The van der Waals surface area contributed by atoms with Gasteiger partial charge in [-0.25, -0.2) is 0 Å². The molecule has 0 aliphatic heterocycles. The summed E-state index contributed by atoms with van der Waals surface area (Å²) in [6.45, 7) is 0.588. The zero-order valence-electron chi connectivity index (χ0n) is 15.9. The van der Waals surface area contributed by atoms with Crippen LogP contribution in [0.25, 0.3) is 0 Å². The standard InChI is InChI=1S/C16H22N4O10/c21-15(18-10-16(22)23)11-30-8-7-29-6-5-28-4-3-17-13-2-1-12(19(24)25)9-14(13)20(26)27/h1-2,9,17H,3-8,10-11H2,(H,18,21)(H,22,23). The molecule has 0 saturated carbocycles. The number of aliphatic carboxylic acids is 1. The third-order valence-corrected chi connectivity index (χ3v) is 3.36. The van der Waals surface area contributed by atoms with Gasteiger partial charge in [0.2, 0.25) is 5.91 Å². The van der Waals surface area contributed by atoms with E-state index in [-0.39, 0.29) is 57.6 Å². The summed E-state index contributed by atoms with van der Waals surface area (Å²) in [7, 11) is 0. The van der Waals surface area contributed by atoms with Crippen LogP contribution in [0.5, 0.6) is 0 Å². The molecular formula is C16H22N4O10. The van der Waals surface area contributed by atoms with Crippen LogP contribution in [0.15, 0.2) is 18.2 Å². The van der Waals surface area contributed by atoms with Crippen LogP contribution in [-0.4, -0.2) is 79.6 Å². The molecule has 30 heavy (non-hydrogen) atoms. The van der Waals surface area contributed by atoms with Crippen molar-refractivity contribution in [2.24, 2.45) is 0 Å². The van der Waals surface area contributed by atoms with Gasteiger partial charge >= 0.3 is 5.97 Å². The lowest BCUT2D eigenvalue weighted by Gasteiger charge is -2.09. The SMILES string of the molecule is O=C(O)CNC(=O)COCCOCCOCCNc1ccc([N+](=O)[O-])cc1[N+](=O)[O-]. The number of nitrogens with one attached hydrogen (secondary N) is 2. The summed E-state index contributed by atoms with van der Waals surface area (Å²) >= 11 is 0. The Morgan fingerprint density at radius 2 is 1.60 bits per heavy atom. The highest BCUT2D eigenvalue weighted by Crippen LogP contribution is 2.28. The second-order valence-corrected chi connectivity index (χ2v) is 5.59. The second-order valence-electron chi connectivity index (χ2n) is 5.59. The smallest absolute Gasteiger partial charge is 0.322 e. The molecule has 1 aromatic carbocycles. The number of nitro groups is 2. The molecule has 1 rings (SSSR count). The number of nitrogens with zero attached hydrogens (tertiary/aromatic N) is 2. The number of ether oxygens (including phenoxy) is 3. The Labute approximate surface area is 170 Å². The third-order valence-electron chi connectivity index (χ3n) is 3.36. The zero-order valence-corrected chi connectivity index (χ0v) is 15.9. The minimum atomic E-state index is -1.15. The van der Waals surface area contributed by atoms with Crippen molar-refractivity contribution in [1.29, 1.82) is 0 Å². The van der Waals surface area contributed by atoms with E-state index in [0.29, 0.717) is 0 Å². The largest absolute Gasteiger partial charge is 0.480 e. The number of nitro benzene ring substituents is 2. The Balaban J connectivity index is 2.09. The maximum Gasteiger partial charge on any atom is 0.322 e. The number of hydrogen-bond acceptors (Lipinski definition) is 10. The lowest BCUT2D eigenvalue weighted by atomic mass is 10.2. The van der Waals surface area contributed by atoms with Gasteiger partial charge in [0.05, 0.1) is 48.9 Å². The molecule has 0 aliphatic rings. The van der Waals surface area contributed by atoms with Gasteiger partial charge in [0.25, 0.3) is 11.4 Å². The first kappa shape index (κ1) is 24.7. The third kappa shape index (κ3) is 10.3. The Morgan fingerprint density at radius 3 is 2.20 bits per heavy atom. The minimum absolute atomic E-state index is 0.145. The molecule has 0 bridgehead atoms. The lowest BCUT2D eigenvalue weighted by Crippen LogP contribution is -2.32. The Hall–Kier alpha value is -3.36. The van der Waals surface area contributed by atoms with E-state index >= 15 is 0 Å². The number of anilines is 1. The van der Waals surface area contributed by atoms with Gasteiger partial charge in [-0.05, 0) is 6.07 Å². The van der Waals surface area contributed by atoms with Crippen molar-refractivity contribution in [3.8, 4) is 0 Å². The number of non-ortho nitro benzene ring substituents is 1. The molecule has 0 unspecified atom stereocenters. The normalized spacial score (nSPS) is 10.4. The summed E-state index contributed by atoms with van der Waals surface area (Å²) in [6, 6.07) is 3.32. The molecule has 0 atom stereocenters. The first-order valence-electron chi connectivity index (χ1n) is 8.69. The molecule has 166 valence electrons. The molecule has 1 amide bonds. The average molecular weight is 430 g/mol. The Bertz CT molecular complexity index is 743. The fraction of sp³-hybridized carbons (Fsp3) is 0.500. The van der Waals surface area contributed by atoms with E-state index in [4.69, 9.17) is 19.3 Å². The number of carbonyl (C=O) groups is 2. The summed E-state index contributed by atoms with van der Waals surface area (Å²) in [5, 5.41) is 35.0. The summed E-state index contributed by atoms with van der Waals surface area (Å²) in [5.41, 5.74) is -0.621. The van der Waals surface area contributed by atoms with Crippen LogP contribution in [0.4, 0.5) is 17.1 Å². The predicted molar refractivity (Wildman–Crippen MR) is 101 cm³/mol. The highest BCUT2D eigenvalue weighted by atomic mass is 16.6. The number of carbonyl (C=O) groups excluding carboxylic acids is 1. The van der Waals surface area contributed by atoms with Gasteiger partial charge < -0.3 is 30.0 Å². The molecule has 0 saturated heterocycles. The molecule has 0 aliphatic carbocycles. The van der Waals surface area contributed by atoms with Crippen molar-refractivity contribution >= 4 is 28.9 Å². The molecule has 0 heterocycles. The van der Waals surface area contributed by atoms with Crippen molar-refractivity contribution in [3.63, 3.8) is 0 Å². The number of hydrogen-bond donors (Lipinski definition) is 3. The Morgan fingerprint density at radius 1 is 0.967 bits per heavy atom. The van der Waals surface area contributed by atoms with Gasteiger partial charge in [-0.15, -0.1) is 0 Å². The fourth-order valence-corrected chi connectivity index (χ4v) is 2.02. The summed E-state index contributed by atoms with van der Waals surface area (Å²) in [5.74, 6) is -1.69. The minimum Gasteiger partial charge on any atom is -0.480 e. The van der Waals surface area contributed by atoms with Crippen LogP contribution in [0.3, 0.4) is 0 Å². The molecule has 14 nitrogen and oxygen atoms in total. The number of benzene rings is 1. The van der Waals surface area contributed by atoms with E-state index in [1.165, 1.54) is 12.1 Å². The van der Waals surface area contributed by atoms with Gasteiger partial charge in [-0.3, -0.25) is 29.8 Å². The number of rotatable bonds is 16. The molecule has 3 N–H and O–H groups in total. The second kappa shape index (κ2) is 13.8. The van der Waals surface area contributed by atoms with Crippen molar-refractivity contribution in [1.82, 2.24) is 5.32 Å². The molecule has 0 fully saturated rings. The molecule has 0 spiro atoms. The molecule has 14 heteroatoms. The van der Waals surface area contributed by atoms with Crippen LogP contribution in [0.1, 0.15) is 0 Å². The molecule has 0 aromatic heterocycles. The van der Waals surface area contributed by atoms with Crippen LogP contribution < -0.4 is 10.6 Å². The van der Waals surface area contributed by atoms with Crippen LogP contribution in [0, 0.1) is 20.2 Å². The van der Waals surface area contributed by atoms with Gasteiger partial charge in [0, 0.05) is 12.6 Å². The number of amides is 1. The van der Waals surface area contributed by atoms with E-state index in [2.05, 4.69) is 10.6 Å². The highest BCUT2D eigenvalue weighted by molar-refractivity contribution is 5.81. The fourth-order valence-electron chi connectivity index (χ4n) is 2.02. The van der Waals surface area contributed by atoms with E-state index in [1.54, 1.807) is 0 Å². The summed E-state index contributed by atoms with van der Waals surface area (Å²) in [4.78, 5) is 41.7. The van der Waals surface area contributed by atoms with Crippen molar-refractivity contribution in [2.75, 3.05) is 58.0 Å². The van der Waals surface area contributed by atoms with Gasteiger partial charge in [0.15, 0.2) is 0 Å². The van der Waals surface area contributed by atoms with Gasteiger partial charge in [-0.1, -0.05) is 0 Å². The van der Waals surface area contributed by atoms with Crippen LogP contribution >= 0.6 is 0 Å². The van der Waals surface area contributed by atoms with Gasteiger partial charge in [0.1, 0.15) is 18.8 Å². The molecule has 0 radical (unpaired) electrons. The van der Waals surface area contributed by atoms with Gasteiger partial charge in [-0.2, -0.15) is 0 Å². The first-order valence-corrected chi connectivity index (χ1v) is 8.69. The highest BCUT2D eigenvalue weighted by Gasteiger charge is 2.18. The lowest BCUT2D eigenvalue weighted by molar-refractivity contribution is -0.393. The maximum atomic E-state index is 11.2. The average Bonchev–Trinajstić information content (AvgIpc) is 2.70. The topological polar surface area (TPSA) is 192 Å². The Kier molecular flexibility index (Phi) is 11.3. The first-order chi connectivity index (χ1) is 14.3. The summed E-state index contributed by atoms with van der Waals surface area (Å²) in [6.07, 6.45) is 0. The zero-order chi connectivity index (χ0) is 22.4. The van der Waals surface area contributed by atoms with E-state index in [9.17, 15) is 29.8 Å². The maximum absolute atomic E-state index is 11.2. The van der Waals surface area contributed by atoms with Crippen LogP contribution in [0.2, 0.25) is 0 Å². The quantitative estimate of drug-likeness (QED) is 0.184. The van der Waals surface area contributed by atoms with Crippen molar-refractivity contribution in [3.05, 3.63) is 38.4 Å². The van der Waals surface area contributed by atoms with Crippen molar-refractivity contribution in [2.45, 2.75) is 0 Å². The van der Waals surface area contributed by atoms with E-state index in [0.717, 1.165) is 6.07 Å². The molecule has 1 aromatic rings. The molecular weight excluding hydrogens is 408 g/mol. The van der Waals surface area contributed by atoms with E-state index in [1.807, 2.05) is 0 Å². The van der Waals surface area contributed by atoms with Crippen LogP contribution in [-0.2, 0) is 23.8 Å². The number of carboxylic acids is 1. The van der Waals surface area contributed by atoms with Crippen molar-refractivity contribution < 1.29 is 38.8 Å².